The number of benzene rings is 1. The van der Waals surface area contributed by atoms with E-state index in [9.17, 15) is 13.2 Å². The van der Waals surface area contributed by atoms with Crippen molar-refractivity contribution in [2.24, 2.45) is 0 Å². The molecule has 104 valence electrons. The molecule has 0 unspecified atom stereocenters. The Morgan fingerprint density at radius 3 is 2.40 bits per heavy atom. The molecular weight excluding hydrogens is 302 g/mol. The van der Waals surface area contributed by atoms with Crippen LogP contribution in [0, 0.1) is 0 Å². The lowest BCUT2D eigenvalue weighted by Gasteiger charge is -2.05. The highest BCUT2D eigenvalue weighted by Crippen LogP contribution is 2.12. The van der Waals surface area contributed by atoms with E-state index in [1.807, 2.05) is 0 Å². The Balaban J connectivity index is 2.18. The maximum absolute atomic E-state index is 11.9. The number of amides is 1. The lowest BCUT2D eigenvalue weighted by Crippen LogP contribution is -2.13. The molecule has 0 aliphatic rings. The summed E-state index contributed by atoms with van der Waals surface area (Å²) < 4.78 is 22.6. The highest BCUT2D eigenvalue weighted by molar-refractivity contribution is 7.90. The second-order valence-corrected chi connectivity index (χ2v) is 6.32. The second-order valence-electron chi connectivity index (χ2n) is 3.96. The molecule has 2 aromatic rings. The van der Waals surface area contributed by atoms with Gasteiger partial charge in [-0.3, -0.25) is 4.79 Å². The number of carbonyl (C=O) groups is 1. The molecule has 0 atom stereocenters. The SMILES string of the molecule is CS(=O)(=O)c1ccc(C(=O)Nc2ccnc(Cl)n2)cc1. The van der Waals surface area contributed by atoms with E-state index in [0.717, 1.165) is 6.26 Å². The average molecular weight is 312 g/mol. The van der Waals surface area contributed by atoms with E-state index >= 15 is 0 Å². The molecule has 1 heterocycles. The summed E-state index contributed by atoms with van der Waals surface area (Å²) >= 11 is 5.61. The average Bonchev–Trinajstić information content (AvgIpc) is 2.38. The van der Waals surface area contributed by atoms with Crippen molar-refractivity contribution >= 4 is 33.2 Å². The van der Waals surface area contributed by atoms with E-state index in [-0.39, 0.29) is 16.0 Å². The van der Waals surface area contributed by atoms with Gasteiger partial charge in [0, 0.05) is 18.0 Å². The predicted molar refractivity (Wildman–Crippen MR) is 74.5 cm³/mol. The first kappa shape index (κ1) is 14.4. The maximum Gasteiger partial charge on any atom is 0.256 e. The van der Waals surface area contributed by atoms with E-state index in [0.29, 0.717) is 5.56 Å². The zero-order valence-corrected chi connectivity index (χ0v) is 11.9. The van der Waals surface area contributed by atoms with Crippen molar-refractivity contribution in [2.75, 3.05) is 11.6 Å². The third kappa shape index (κ3) is 3.52. The van der Waals surface area contributed by atoms with Gasteiger partial charge >= 0.3 is 0 Å². The van der Waals surface area contributed by atoms with Crippen LogP contribution in [0.1, 0.15) is 10.4 Å². The van der Waals surface area contributed by atoms with Crippen molar-refractivity contribution in [3.05, 3.63) is 47.4 Å². The normalized spacial score (nSPS) is 11.1. The van der Waals surface area contributed by atoms with Crippen LogP contribution in [0.5, 0.6) is 0 Å². The minimum absolute atomic E-state index is 0.0234. The molecule has 0 bridgehead atoms. The fraction of sp³-hybridized carbons (Fsp3) is 0.0833. The number of carbonyl (C=O) groups excluding carboxylic acids is 1. The highest BCUT2D eigenvalue weighted by atomic mass is 35.5. The van der Waals surface area contributed by atoms with Gasteiger partial charge in [-0.1, -0.05) is 0 Å². The molecule has 20 heavy (non-hydrogen) atoms. The van der Waals surface area contributed by atoms with E-state index in [2.05, 4.69) is 15.3 Å². The summed E-state index contributed by atoms with van der Waals surface area (Å²) in [6.07, 6.45) is 2.52. The molecule has 6 nitrogen and oxygen atoms in total. The van der Waals surface area contributed by atoms with Crippen LogP contribution < -0.4 is 5.32 Å². The highest BCUT2D eigenvalue weighted by Gasteiger charge is 2.10. The largest absolute Gasteiger partial charge is 0.306 e. The Bertz CT molecular complexity index is 745. The Hall–Kier alpha value is -1.99. The first-order chi connectivity index (χ1) is 9.36. The summed E-state index contributed by atoms with van der Waals surface area (Å²) in [6, 6.07) is 7.09. The van der Waals surface area contributed by atoms with Crippen LogP contribution in [0.25, 0.3) is 0 Å². The Morgan fingerprint density at radius 1 is 1.20 bits per heavy atom. The van der Waals surface area contributed by atoms with Crippen LogP contribution in [0.3, 0.4) is 0 Å². The van der Waals surface area contributed by atoms with Crippen LogP contribution in [0.4, 0.5) is 5.82 Å². The maximum atomic E-state index is 11.9. The topological polar surface area (TPSA) is 89.0 Å². The van der Waals surface area contributed by atoms with Crippen LogP contribution in [-0.2, 0) is 9.84 Å². The number of nitrogens with zero attached hydrogens (tertiary/aromatic N) is 2. The van der Waals surface area contributed by atoms with Gasteiger partial charge in [0.05, 0.1) is 4.90 Å². The van der Waals surface area contributed by atoms with Crippen molar-refractivity contribution in [2.45, 2.75) is 4.90 Å². The van der Waals surface area contributed by atoms with Gasteiger partial charge in [0.15, 0.2) is 9.84 Å². The second kappa shape index (κ2) is 5.56. The first-order valence-corrected chi connectivity index (χ1v) is 7.73. The number of halogens is 1. The molecule has 1 N–H and O–H groups in total. The monoisotopic (exact) mass is 311 g/mol. The lowest BCUT2D eigenvalue weighted by atomic mass is 10.2. The van der Waals surface area contributed by atoms with Crippen LogP contribution in [-0.4, -0.2) is 30.5 Å². The molecule has 0 fully saturated rings. The van der Waals surface area contributed by atoms with Gasteiger partial charge in [-0.25, -0.2) is 18.4 Å². The van der Waals surface area contributed by atoms with Crippen LogP contribution >= 0.6 is 11.6 Å². The standard InChI is InChI=1S/C12H10ClN3O3S/c1-20(18,19)9-4-2-8(3-5-9)11(17)15-10-6-7-14-12(13)16-10/h2-7H,1H3,(H,14,15,16,17). The number of sulfone groups is 1. The third-order valence-corrected chi connectivity index (χ3v) is 3.72. The molecule has 1 aromatic heterocycles. The quantitative estimate of drug-likeness (QED) is 0.873. The van der Waals surface area contributed by atoms with Crippen molar-refractivity contribution < 1.29 is 13.2 Å². The van der Waals surface area contributed by atoms with Gasteiger partial charge in [-0.15, -0.1) is 0 Å². The Kier molecular flexibility index (Phi) is 4.01. The lowest BCUT2D eigenvalue weighted by molar-refractivity contribution is 0.102. The molecular formula is C12H10ClN3O3S. The third-order valence-electron chi connectivity index (χ3n) is 2.41. The molecule has 0 radical (unpaired) electrons. The summed E-state index contributed by atoms with van der Waals surface area (Å²) in [4.78, 5) is 19.6. The molecule has 8 heteroatoms. The number of aromatic nitrogens is 2. The van der Waals surface area contributed by atoms with Crippen molar-refractivity contribution in [1.82, 2.24) is 9.97 Å². The predicted octanol–water partition coefficient (Wildman–Crippen LogP) is 1.79. The molecule has 0 saturated carbocycles. The molecule has 0 aliphatic carbocycles. The van der Waals surface area contributed by atoms with E-state index in [1.54, 1.807) is 0 Å². The number of nitrogens with one attached hydrogen (secondary N) is 1. The summed E-state index contributed by atoms with van der Waals surface area (Å²) in [5.41, 5.74) is 0.312. The van der Waals surface area contributed by atoms with Crippen molar-refractivity contribution in [3.8, 4) is 0 Å². The number of anilines is 1. The zero-order chi connectivity index (χ0) is 14.8. The van der Waals surface area contributed by atoms with Gasteiger partial charge in [0.1, 0.15) is 5.82 Å². The molecule has 1 amide bonds. The van der Waals surface area contributed by atoms with E-state index in [1.165, 1.54) is 36.5 Å². The van der Waals surface area contributed by atoms with Crippen molar-refractivity contribution in [1.29, 1.82) is 0 Å². The Morgan fingerprint density at radius 2 is 1.85 bits per heavy atom. The number of hydrogen-bond acceptors (Lipinski definition) is 5. The van der Waals surface area contributed by atoms with Crippen LogP contribution in [0.15, 0.2) is 41.4 Å². The van der Waals surface area contributed by atoms with Gasteiger partial charge in [-0.05, 0) is 41.9 Å². The fourth-order valence-corrected chi connectivity index (χ4v) is 2.22. The Labute approximate surface area is 120 Å². The fourth-order valence-electron chi connectivity index (χ4n) is 1.45. The van der Waals surface area contributed by atoms with Gasteiger partial charge in [-0.2, -0.15) is 0 Å². The zero-order valence-electron chi connectivity index (χ0n) is 10.4. The van der Waals surface area contributed by atoms with Gasteiger partial charge < -0.3 is 5.32 Å². The smallest absolute Gasteiger partial charge is 0.256 e. The molecule has 2 rings (SSSR count). The van der Waals surface area contributed by atoms with E-state index in [4.69, 9.17) is 11.6 Å². The summed E-state index contributed by atoms with van der Waals surface area (Å²) in [5, 5.41) is 2.56. The number of rotatable bonds is 3. The van der Waals surface area contributed by atoms with Gasteiger partial charge in [0.25, 0.3) is 5.91 Å². The molecule has 0 saturated heterocycles. The van der Waals surface area contributed by atoms with Crippen LogP contribution in [0.2, 0.25) is 5.28 Å². The molecule has 0 aliphatic heterocycles. The van der Waals surface area contributed by atoms with Crippen molar-refractivity contribution in [3.63, 3.8) is 0 Å². The summed E-state index contributed by atoms with van der Waals surface area (Å²) in [6.45, 7) is 0. The molecule has 1 aromatic carbocycles. The summed E-state index contributed by atoms with van der Waals surface area (Å²) in [7, 11) is -3.28. The number of hydrogen-bond donors (Lipinski definition) is 1. The summed E-state index contributed by atoms with van der Waals surface area (Å²) in [5.74, 6) is -0.151. The minimum Gasteiger partial charge on any atom is -0.306 e. The van der Waals surface area contributed by atoms with Gasteiger partial charge in [0.2, 0.25) is 5.28 Å². The minimum atomic E-state index is -3.28. The molecule has 0 spiro atoms. The first-order valence-electron chi connectivity index (χ1n) is 5.46. The van der Waals surface area contributed by atoms with E-state index < -0.39 is 15.7 Å².